The van der Waals surface area contributed by atoms with Crippen LogP contribution in [0.2, 0.25) is 0 Å². The van der Waals surface area contributed by atoms with Crippen molar-refractivity contribution in [2.75, 3.05) is 5.73 Å². The van der Waals surface area contributed by atoms with Crippen LogP contribution in [0.25, 0.3) is 33.5 Å². The summed E-state index contributed by atoms with van der Waals surface area (Å²) in [5, 5.41) is 10.1. The lowest BCUT2D eigenvalue weighted by Gasteiger charge is -2.11. The van der Waals surface area contributed by atoms with Gasteiger partial charge in [-0.1, -0.05) is 48.5 Å². The van der Waals surface area contributed by atoms with Crippen LogP contribution >= 0.6 is 0 Å². The van der Waals surface area contributed by atoms with E-state index >= 15 is 0 Å². The van der Waals surface area contributed by atoms with Gasteiger partial charge in [0.2, 0.25) is 0 Å². The average Bonchev–Trinajstić information content (AvgIpc) is 2.62. The average molecular weight is 313 g/mol. The highest BCUT2D eigenvalue weighted by atomic mass is 16.3. The topological polar surface area (TPSA) is 72.0 Å². The molecular formula is C20H15N3O. The maximum Gasteiger partial charge on any atom is 0.143 e. The number of aromatic hydroxyl groups is 1. The van der Waals surface area contributed by atoms with Gasteiger partial charge in [0, 0.05) is 16.8 Å². The highest BCUT2D eigenvalue weighted by Crippen LogP contribution is 2.33. The molecule has 4 rings (SSSR count). The van der Waals surface area contributed by atoms with Gasteiger partial charge in [-0.3, -0.25) is 0 Å². The molecule has 1 aromatic heterocycles. The van der Waals surface area contributed by atoms with Gasteiger partial charge in [0.25, 0.3) is 0 Å². The number of hydrogen-bond acceptors (Lipinski definition) is 4. The monoisotopic (exact) mass is 313 g/mol. The van der Waals surface area contributed by atoms with E-state index in [1.54, 1.807) is 12.1 Å². The highest BCUT2D eigenvalue weighted by Gasteiger charge is 2.14. The first-order valence-electron chi connectivity index (χ1n) is 7.63. The van der Waals surface area contributed by atoms with Crippen LogP contribution in [0.4, 0.5) is 5.69 Å². The number of anilines is 1. The van der Waals surface area contributed by atoms with Crippen molar-refractivity contribution in [2.24, 2.45) is 0 Å². The number of hydrogen-bond donors (Lipinski definition) is 2. The van der Waals surface area contributed by atoms with Crippen LogP contribution in [0.1, 0.15) is 0 Å². The molecule has 0 aliphatic rings. The standard InChI is InChI=1S/C20H15N3O/c21-15-11-9-14(10-12-15)18-19(13-5-2-1-3-6-13)23-20-16(22-18)7-4-8-17(20)24/h1-12,24H,21H2. The Morgan fingerprint density at radius 1 is 0.667 bits per heavy atom. The molecule has 0 radical (unpaired) electrons. The number of phenols is 1. The maximum absolute atomic E-state index is 10.1. The minimum Gasteiger partial charge on any atom is -0.506 e. The highest BCUT2D eigenvalue weighted by molar-refractivity contribution is 5.89. The van der Waals surface area contributed by atoms with Gasteiger partial charge in [-0.15, -0.1) is 0 Å². The number of rotatable bonds is 2. The van der Waals surface area contributed by atoms with E-state index in [1.807, 2.05) is 60.7 Å². The summed E-state index contributed by atoms with van der Waals surface area (Å²) >= 11 is 0. The van der Waals surface area contributed by atoms with Crippen LogP contribution in [-0.4, -0.2) is 15.1 Å². The third kappa shape index (κ3) is 2.44. The lowest BCUT2D eigenvalue weighted by atomic mass is 10.0. The van der Waals surface area contributed by atoms with E-state index in [1.165, 1.54) is 0 Å². The molecule has 4 nitrogen and oxygen atoms in total. The van der Waals surface area contributed by atoms with Gasteiger partial charge >= 0.3 is 0 Å². The van der Waals surface area contributed by atoms with Crippen LogP contribution in [-0.2, 0) is 0 Å². The summed E-state index contributed by atoms with van der Waals surface area (Å²) in [5.74, 6) is 0.126. The molecule has 3 aromatic carbocycles. The van der Waals surface area contributed by atoms with Crippen molar-refractivity contribution in [3.05, 3.63) is 72.8 Å². The minimum absolute atomic E-state index is 0.126. The Hall–Kier alpha value is -3.40. The lowest BCUT2D eigenvalue weighted by molar-refractivity contribution is 0.480. The molecule has 0 aliphatic carbocycles. The first kappa shape index (κ1) is 14.2. The Kier molecular flexibility index (Phi) is 3.35. The predicted octanol–water partition coefficient (Wildman–Crippen LogP) is 4.25. The third-order valence-corrected chi connectivity index (χ3v) is 3.90. The Labute approximate surface area is 139 Å². The van der Waals surface area contributed by atoms with Gasteiger partial charge in [0.05, 0.1) is 16.9 Å². The molecule has 0 saturated heterocycles. The second-order valence-corrected chi connectivity index (χ2v) is 5.55. The van der Waals surface area contributed by atoms with Crippen molar-refractivity contribution < 1.29 is 5.11 Å². The Morgan fingerprint density at radius 3 is 2.08 bits per heavy atom. The molecule has 0 fully saturated rings. The predicted molar refractivity (Wildman–Crippen MR) is 96.5 cm³/mol. The molecule has 4 heteroatoms. The van der Waals surface area contributed by atoms with Crippen molar-refractivity contribution in [1.29, 1.82) is 0 Å². The van der Waals surface area contributed by atoms with Crippen LogP contribution < -0.4 is 5.73 Å². The summed E-state index contributed by atoms with van der Waals surface area (Å²) in [7, 11) is 0. The van der Waals surface area contributed by atoms with Gasteiger partial charge in [0.15, 0.2) is 0 Å². The van der Waals surface area contributed by atoms with Crippen molar-refractivity contribution in [1.82, 2.24) is 9.97 Å². The van der Waals surface area contributed by atoms with Crippen molar-refractivity contribution in [2.45, 2.75) is 0 Å². The first-order chi connectivity index (χ1) is 11.7. The SMILES string of the molecule is Nc1ccc(-c2nc3cccc(O)c3nc2-c2ccccc2)cc1. The molecule has 116 valence electrons. The summed E-state index contributed by atoms with van der Waals surface area (Å²) in [6.45, 7) is 0. The Balaban J connectivity index is 2.04. The first-order valence-corrected chi connectivity index (χ1v) is 7.63. The molecule has 0 spiro atoms. The molecule has 0 aliphatic heterocycles. The smallest absolute Gasteiger partial charge is 0.143 e. The zero-order valence-corrected chi connectivity index (χ0v) is 12.8. The van der Waals surface area contributed by atoms with E-state index < -0.39 is 0 Å². The van der Waals surface area contributed by atoms with Gasteiger partial charge in [0.1, 0.15) is 11.3 Å². The number of para-hydroxylation sites is 1. The van der Waals surface area contributed by atoms with Crippen LogP contribution in [0.5, 0.6) is 5.75 Å². The molecule has 0 atom stereocenters. The summed E-state index contributed by atoms with van der Waals surface area (Å²) in [6.07, 6.45) is 0. The summed E-state index contributed by atoms with van der Waals surface area (Å²) in [6, 6.07) is 22.6. The number of phenolic OH excluding ortho intramolecular Hbond substituents is 1. The van der Waals surface area contributed by atoms with E-state index in [9.17, 15) is 5.11 Å². The number of aromatic nitrogens is 2. The third-order valence-electron chi connectivity index (χ3n) is 3.90. The fourth-order valence-corrected chi connectivity index (χ4v) is 2.70. The van der Waals surface area contributed by atoms with E-state index in [2.05, 4.69) is 0 Å². The second-order valence-electron chi connectivity index (χ2n) is 5.55. The Morgan fingerprint density at radius 2 is 1.33 bits per heavy atom. The summed E-state index contributed by atoms with van der Waals surface area (Å²) in [5.41, 5.74) is 11.0. The zero-order valence-electron chi connectivity index (χ0n) is 12.8. The molecular weight excluding hydrogens is 298 g/mol. The maximum atomic E-state index is 10.1. The molecule has 1 heterocycles. The van der Waals surface area contributed by atoms with Crippen LogP contribution in [0.3, 0.4) is 0 Å². The Bertz CT molecular complexity index is 1010. The number of nitrogen functional groups attached to an aromatic ring is 1. The van der Waals surface area contributed by atoms with E-state index in [0.29, 0.717) is 16.7 Å². The fraction of sp³-hybridized carbons (Fsp3) is 0. The van der Waals surface area contributed by atoms with E-state index in [-0.39, 0.29) is 5.75 Å². The van der Waals surface area contributed by atoms with Gasteiger partial charge in [-0.2, -0.15) is 0 Å². The summed E-state index contributed by atoms with van der Waals surface area (Å²) in [4.78, 5) is 9.45. The largest absolute Gasteiger partial charge is 0.506 e. The molecule has 4 aromatic rings. The quantitative estimate of drug-likeness (QED) is 0.543. The minimum atomic E-state index is 0.126. The van der Waals surface area contributed by atoms with Crippen LogP contribution in [0, 0.1) is 0 Å². The molecule has 0 unspecified atom stereocenters. The van der Waals surface area contributed by atoms with Crippen molar-refractivity contribution in [3.8, 4) is 28.3 Å². The molecule has 0 amide bonds. The molecule has 3 N–H and O–H groups in total. The van der Waals surface area contributed by atoms with E-state index in [4.69, 9.17) is 15.7 Å². The molecule has 24 heavy (non-hydrogen) atoms. The van der Waals surface area contributed by atoms with Gasteiger partial charge in [-0.25, -0.2) is 9.97 Å². The van der Waals surface area contributed by atoms with Gasteiger partial charge in [-0.05, 0) is 24.3 Å². The molecule has 0 bridgehead atoms. The number of benzene rings is 3. The molecule has 0 saturated carbocycles. The lowest BCUT2D eigenvalue weighted by Crippen LogP contribution is -1.96. The van der Waals surface area contributed by atoms with Crippen LogP contribution in [0.15, 0.2) is 72.8 Å². The second kappa shape index (κ2) is 5.66. The normalized spacial score (nSPS) is 10.8. The fourth-order valence-electron chi connectivity index (χ4n) is 2.70. The van der Waals surface area contributed by atoms with E-state index in [0.717, 1.165) is 22.5 Å². The number of fused-ring (bicyclic) bond motifs is 1. The number of nitrogens with two attached hydrogens (primary N) is 1. The van der Waals surface area contributed by atoms with Crippen molar-refractivity contribution >= 4 is 16.7 Å². The summed E-state index contributed by atoms with van der Waals surface area (Å²) < 4.78 is 0. The van der Waals surface area contributed by atoms with Crippen molar-refractivity contribution in [3.63, 3.8) is 0 Å². The zero-order chi connectivity index (χ0) is 16.5. The van der Waals surface area contributed by atoms with Gasteiger partial charge < -0.3 is 10.8 Å². The number of nitrogens with zero attached hydrogens (tertiary/aromatic N) is 2.